The third kappa shape index (κ3) is 0.415. The summed E-state index contributed by atoms with van der Waals surface area (Å²) in [5.74, 6) is 1.92. The van der Waals surface area contributed by atoms with Crippen molar-refractivity contribution in [3.63, 3.8) is 0 Å². The predicted octanol–water partition coefficient (Wildman–Crippen LogP) is -1.00. The summed E-state index contributed by atoms with van der Waals surface area (Å²) in [7, 11) is 0.642. The van der Waals surface area contributed by atoms with E-state index in [1.54, 1.807) is 6.34 Å². The molecular weight excluding hydrogens is 80.1 g/mol. The maximum absolute atomic E-state index is 3.82. The van der Waals surface area contributed by atoms with E-state index in [4.69, 9.17) is 0 Å². The summed E-state index contributed by atoms with van der Waals surface area (Å²) in [5.41, 5.74) is 0. The molecule has 0 unspecified atom stereocenters. The van der Waals surface area contributed by atoms with Crippen LogP contribution in [0.5, 0.6) is 0 Å². The second kappa shape index (κ2) is 1.12. The minimum absolute atomic E-state index is 0.642. The lowest BCUT2D eigenvalue weighted by Gasteiger charge is -1.67. The molecule has 0 aromatic carbocycles. The average Bonchev–Trinajstić information content (AvgIpc) is 1.76. The molecule has 1 heterocycles. The minimum Gasteiger partial charge on any atom is -0.356 e. The van der Waals surface area contributed by atoms with Gasteiger partial charge in [-0.1, -0.05) is 0 Å². The smallest absolute Gasteiger partial charge is 0.207 e. The third-order valence-corrected chi connectivity index (χ3v) is 0.935. The van der Waals surface area contributed by atoms with E-state index in [0.29, 0.717) is 9.29 Å². The maximum atomic E-state index is 3.82. The van der Waals surface area contributed by atoms with Crippen LogP contribution in [0.4, 0.5) is 0 Å². The first-order valence-corrected chi connectivity index (χ1v) is 2.37. The largest absolute Gasteiger partial charge is 0.356 e. The fourth-order valence-corrected chi connectivity index (χ4v) is 0.559. The predicted molar refractivity (Wildman–Crippen MR) is 23.4 cm³/mol. The van der Waals surface area contributed by atoms with Crippen LogP contribution in [-0.4, -0.2) is 21.4 Å². The first-order valence-electron chi connectivity index (χ1n) is 1.35. The molecule has 0 amide bonds. The first-order chi connectivity index (χ1) is 2.50. The summed E-state index contributed by atoms with van der Waals surface area (Å²) >= 11 is 0. The number of nitrogens with one attached hydrogen (secondary N) is 1. The van der Waals surface area contributed by atoms with Crippen molar-refractivity contribution in [2.45, 2.75) is 0 Å². The van der Waals surface area contributed by atoms with Gasteiger partial charge in [0.15, 0.2) is 0 Å². The molecule has 0 aliphatic carbocycles. The monoisotopic (exact) mass is 83.0 g/mol. The minimum atomic E-state index is 0.642. The Morgan fingerprint density at radius 2 is 2.80 bits per heavy atom. The maximum Gasteiger partial charge on any atom is 0.207 e. The molecule has 1 N–H and O–H groups in total. The Hall–Kier alpha value is -0.443. The van der Waals surface area contributed by atoms with Crippen LogP contribution in [0.15, 0.2) is 4.66 Å². The molecule has 0 fully saturated rings. The third-order valence-electron chi connectivity index (χ3n) is 0.362. The molecule has 0 aromatic rings. The second-order valence-electron chi connectivity index (χ2n) is 0.698. The van der Waals surface area contributed by atoms with Crippen LogP contribution in [-0.2, 0) is 0 Å². The lowest BCUT2D eigenvalue weighted by Crippen LogP contribution is -2.00. The van der Waals surface area contributed by atoms with Gasteiger partial charge in [-0.3, -0.25) is 4.66 Å². The van der Waals surface area contributed by atoms with Gasteiger partial charge in [-0.2, -0.15) is 0 Å². The second-order valence-corrected chi connectivity index (χ2v) is 1.50. The van der Waals surface area contributed by atoms with Crippen molar-refractivity contribution >= 4 is 21.4 Å². The van der Waals surface area contributed by atoms with E-state index in [1.807, 2.05) is 5.80 Å². The number of hydrogen-bond donors (Lipinski definition) is 1. The van der Waals surface area contributed by atoms with Gasteiger partial charge in [0.25, 0.3) is 0 Å². The Bertz CT molecular complexity index is 65.7. The van der Waals surface area contributed by atoms with Crippen LogP contribution in [0.25, 0.3) is 0 Å². The van der Waals surface area contributed by atoms with E-state index in [-0.39, 0.29) is 0 Å². The van der Waals surface area contributed by atoms with Gasteiger partial charge in [-0.05, 0) is 0 Å². The summed E-state index contributed by atoms with van der Waals surface area (Å²) < 4.78 is 3.82. The van der Waals surface area contributed by atoms with Crippen molar-refractivity contribution in [1.29, 1.82) is 0 Å². The molecule has 25 valence electrons. The highest BCUT2D eigenvalue weighted by Crippen LogP contribution is 1.51. The van der Waals surface area contributed by atoms with Gasteiger partial charge < -0.3 is 5.32 Å². The van der Waals surface area contributed by atoms with Crippen LogP contribution in [0.2, 0.25) is 0 Å². The van der Waals surface area contributed by atoms with Gasteiger partial charge >= 0.3 is 0 Å². The van der Waals surface area contributed by atoms with Gasteiger partial charge in [0.2, 0.25) is 9.29 Å². The average molecular weight is 83.1 g/mol. The Kier molecular flexibility index (Phi) is 0.622. The molecule has 0 saturated heterocycles. The molecule has 1 aliphatic heterocycles. The molecule has 0 saturated carbocycles. The Balaban J connectivity index is 2.61. The summed E-state index contributed by atoms with van der Waals surface area (Å²) in [6.07, 6.45) is 1.69. The molecule has 0 aromatic heterocycles. The summed E-state index contributed by atoms with van der Waals surface area (Å²) in [6, 6.07) is 0. The van der Waals surface area contributed by atoms with Crippen molar-refractivity contribution in [1.82, 2.24) is 5.32 Å². The van der Waals surface area contributed by atoms with E-state index < -0.39 is 0 Å². The van der Waals surface area contributed by atoms with Crippen molar-refractivity contribution < 1.29 is 0 Å². The van der Waals surface area contributed by atoms with Gasteiger partial charge in [-0.15, -0.1) is 0 Å². The lowest BCUT2D eigenvalue weighted by molar-refractivity contribution is 1.54. The van der Waals surface area contributed by atoms with Crippen LogP contribution >= 0.6 is 0 Å². The molecule has 2 nitrogen and oxygen atoms in total. The summed E-state index contributed by atoms with van der Waals surface area (Å²) in [5, 5.41) is 2.82. The summed E-state index contributed by atoms with van der Waals surface area (Å²) in [6.45, 7) is 0. The summed E-state index contributed by atoms with van der Waals surface area (Å²) in [4.78, 5) is 0. The zero-order valence-corrected chi connectivity index (χ0v) is 3.60. The van der Waals surface area contributed by atoms with Crippen molar-refractivity contribution in [2.75, 3.05) is 0 Å². The number of rotatable bonds is 0. The number of hydrogen-bond acceptors (Lipinski definition) is 2. The zero-order valence-electron chi connectivity index (χ0n) is 2.60. The molecule has 0 spiro atoms. The molecule has 0 atom stereocenters. The van der Waals surface area contributed by atoms with Gasteiger partial charge in [-0.25, -0.2) is 0 Å². The van der Waals surface area contributed by atoms with Crippen molar-refractivity contribution in [3.8, 4) is 0 Å². The lowest BCUT2D eigenvalue weighted by atomic mass is 11.2. The number of nitrogens with zero attached hydrogens (tertiary/aromatic N) is 1. The normalized spacial score (nSPS) is 16.0. The highest BCUT2D eigenvalue weighted by molar-refractivity contribution is 6.49. The standard InChI is InChI=1S/C2H3N2Si/c1-3-2-5-4-1/h1-2H,(H,3,4). The molecule has 3 heteroatoms. The van der Waals surface area contributed by atoms with Crippen LogP contribution in [0.3, 0.4) is 0 Å². The molecular formula is C2H3N2Si. The molecule has 0 bridgehead atoms. The van der Waals surface area contributed by atoms with Crippen LogP contribution in [0.1, 0.15) is 0 Å². The van der Waals surface area contributed by atoms with Gasteiger partial charge in [0.1, 0.15) is 0 Å². The molecule has 1 rings (SSSR count). The Morgan fingerprint density at radius 1 is 1.80 bits per heavy atom. The van der Waals surface area contributed by atoms with Crippen molar-refractivity contribution in [3.05, 3.63) is 0 Å². The van der Waals surface area contributed by atoms with Gasteiger partial charge in [0.05, 0.1) is 6.34 Å². The fourth-order valence-electron chi connectivity index (χ4n) is 0.186. The molecule has 1 aliphatic rings. The van der Waals surface area contributed by atoms with Crippen LogP contribution < -0.4 is 5.32 Å². The van der Waals surface area contributed by atoms with Gasteiger partial charge in [0, 0.05) is 5.80 Å². The Morgan fingerprint density at radius 3 is 3.00 bits per heavy atom. The van der Waals surface area contributed by atoms with Crippen LogP contribution in [0, 0.1) is 0 Å². The van der Waals surface area contributed by atoms with E-state index >= 15 is 0 Å². The Labute approximate surface area is 32.4 Å². The van der Waals surface area contributed by atoms with E-state index in [9.17, 15) is 0 Å². The van der Waals surface area contributed by atoms with E-state index in [0.717, 1.165) is 0 Å². The fraction of sp³-hybridized carbons (Fsp3) is 0. The highest BCUT2D eigenvalue weighted by atomic mass is 28.2. The zero-order chi connectivity index (χ0) is 3.54. The van der Waals surface area contributed by atoms with Crippen molar-refractivity contribution in [2.24, 2.45) is 4.66 Å². The highest BCUT2D eigenvalue weighted by Gasteiger charge is 1.71. The SMILES string of the molecule is C1=N[Si]=CN1. The first kappa shape index (κ1) is 2.78. The van der Waals surface area contributed by atoms with E-state index in [2.05, 4.69) is 9.97 Å². The molecule has 1 radical (unpaired) electrons. The quantitative estimate of drug-likeness (QED) is 0.373. The molecule has 5 heavy (non-hydrogen) atoms. The van der Waals surface area contributed by atoms with E-state index in [1.165, 1.54) is 0 Å². The topological polar surface area (TPSA) is 24.4 Å².